The first-order valence-electron chi connectivity index (χ1n) is 18.7. The molecule has 5 aromatic heterocycles. The number of hydrogen-bond acceptors (Lipinski definition) is 8. The van der Waals surface area contributed by atoms with Gasteiger partial charge in [-0.3, -0.25) is 0 Å². The maximum atomic E-state index is 6.63. The van der Waals surface area contributed by atoms with Crippen LogP contribution in [0.1, 0.15) is 0 Å². The van der Waals surface area contributed by atoms with Gasteiger partial charge in [0, 0.05) is 68.8 Å². The molecule has 0 aliphatic rings. The van der Waals surface area contributed by atoms with Crippen LogP contribution in [0.2, 0.25) is 0 Å². The number of benzene rings is 7. The van der Waals surface area contributed by atoms with Crippen LogP contribution in [0.3, 0.4) is 0 Å². The number of fused-ring (bicyclic) bond motifs is 9. The standard InChI is InChI=1S/C49H27N5OS2/c1-3-13-28(14-4-1)42-45-43(34-18-8-10-24-40(34)57-45)51-47(50-42)30-25-26-33-38(27-30)55-37-22-12-20-35(41(33)37)48-52-46(29-15-5-2-6-16-29)53-49(54-48)36-21-11-19-32-31-17-7-9-23-39(31)56-44(32)36/h1-27H. The van der Waals surface area contributed by atoms with Gasteiger partial charge in [-0.15, -0.1) is 22.7 Å². The minimum atomic E-state index is 0.583. The molecule has 266 valence electrons. The van der Waals surface area contributed by atoms with Crippen LogP contribution < -0.4 is 0 Å². The van der Waals surface area contributed by atoms with Gasteiger partial charge in [-0.1, -0.05) is 127 Å². The molecule has 0 spiro atoms. The van der Waals surface area contributed by atoms with Gasteiger partial charge in [0.15, 0.2) is 23.3 Å². The minimum absolute atomic E-state index is 0.583. The normalized spacial score (nSPS) is 11.9. The van der Waals surface area contributed by atoms with Crippen molar-refractivity contribution < 1.29 is 4.42 Å². The van der Waals surface area contributed by atoms with E-state index in [4.69, 9.17) is 29.3 Å². The molecule has 6 nitrogen and oxygen atoms in total. The third kappa shape index (κ3) is 5.19. The molecule has 57 heavy (non-hydrogen) atoms. The molecule has 8 heteroatoms. The van der Waals surface area contributed by atoms with Crippen molar-refractivity contribution in [1.29, 1.82) is 0 Å². The van der Waals surface area contributed by atoms with Crippen LogP contribution >= 0.6 is 22.7 Å². The van der Waals surface area contributed by atoms with Crippen LogP contribution in [0.25, 0.3) is 119 Å². The van der Waals surface area contributed by atoms with Crippen LogP contribution in [0.5, 0.6) is 0 Å². The lowest BCUT2D eigenvalue weighted by atomic mass is 10.0. The summed E-state index contributed by atoms with van der Waals surface area (Å²) in [5.74, 6) is 2.48. The Kier molecular flexibility index (Phi) is 7.17. The first kappa shape index (κ1) is 32.1. The number of hydrogen-bond donors (Lipinski definition) is 0. The van der Waals surface area contributed by atoms with Crippen molar-refractivity contribution >= 4 is 85.1 Å². The smallest absolute Gasteiger partial charge is 0.165 e. The number of aromatic nitrogens is 5. The van der Waals surface area contributed by atoms with Gasteiger partial charge in [-0.05, 0) is 36.4 Å². The molecule has 12 aromatic rings. The van der Waals surface area contributed by atoms with Gasteiger partial charge in [0.05, 0.1) is 15.9 Å². The van der Waals surface area contributed by atoms with E-state index in [-0.39, 0.29) is 0 Å². The molecule has 0 N–H and O–H groups in total. The SMILES string of the molecule is c1ccc(-c2nc(-c3cccc4c3sc3ccccc34)nc(-c3cccc4oc5cc(-c6nc(-c7ccccc7)c7sc8ccccc8c7n6)ccc5c34)n2)cc1. The van der Waals surface area contributed by atoms with Crippen molar-refractivity contribution in [1.82, 2.24) is 24.9 Å². The van der Waals surface area contributed by atoms with E-state index in [0.717, 1.165) is 75.8 Å². The predicted octanol–water partition coefficient (Wildman–Crippen LogP) is 13.6. The number of thiophene rings is 2. The lowest BCUT2D eigenvalue weighted by Crippen LogP contribution is -2.00. The molecule has 0 aliphatic carbocycles. The van der Waals surface area contributed by atoms with E-state index in [9.17, 15) is 0 Å². The second-order valence-corrected chi connectivity index (χ2v) is 16.1. The molecule has 0 atom stereocenters. The number of rotatable bonds is 5. The fraction of sp³-hybridized carbons (Fsp3) is 0. The largest absolute Gasteiger partial charge is 0.456 e. The molecule has 5 heterocycles. The zero-order chi connectivity index (χ0) is 37.5. The Morgan fingerprint density at radius 3 is 1.81 bits per heavy atom. The molecule has 0 radical (unpaired) electrons. The first-order chi connectivity index (χ1) is 28.2. The Morgan fingerprint density at radius 2 is 0.982 bits per heavy atom. The van der Waals surface area contributed by atoms with E-state index in [0.29, 0.717) is 23.3 Å². The molecule has 7 aromatic carbocycles. The predicted molar refractivity (Wildman–Crippen MR) is 236 cm³/mol. The van der Waals surface area contributed by atoms with Crippen LogP contribution in [0, 0.1) is 0 Å². The number of furan rings is 1. The van der Waals surface area contributed by atoms with Gasteiger partial charge in [-0.2, -0.15) is 0 Å². The Balaban J connectivity index is 1.05. The number of nitrogens with zero attached hydrogens (tertiary/aromatic N) is 5. The molecule has 0 aliphatic heterocycles. The van der Waals surface area contributed by atoms with Crippen molar-refractivity contribution in [2.24, 2.45) is 0 Å². The summed E-state index contributed by atoms with van der Waals surface area (Å²) in [6, 6.07) is 56.2. The monoisotopic (exact) mass is 765 g/mol. The summed E-state index contributed by atoms with van der Waals surface area (Å²) < 4.78 is 11.3. The topological polar surface area (TPSA) is 77.6 Å². The molecule has 0 fully saturated rings. The van der Waals surface area contributed by atoms with Gasteiger partial charge in [0.25, 0.3) is 0 Å². The van der Waals surface area contributed by atoms with Gasteiger partial charge in [-0.25, -0.2) is 24.9 Å². The summed E-state index contributed by atoms with van der Waals surface area (Å²) in [6.45, 7) is 0. The molecule has 0 saturated carbocycles. The fourth-order valence-electron chi connectivity index (χ4n) is 7.92. The van der Waals surface area contributed by atoms with E-state index in [1.165, 1.54) is 20.2 Å². The van der Waals surface area contributed by atoms with E-state index in [2.05, 4.69) is 115 Å². The van der Waals surface area contributed by atoms with Gasteiger partial charge >= 0.3 is 0 Å². The van der Waals surface area contributed by atoms with Crippen molar-refractivity contribution in [2.75, 3.05) is 0 Å². The second-order valence-electron chi connectivity index (χ2n) is 14.0. The third-order valence-electron chi connectivity index (χ3n) is 10.6. The van der Waals surface area contributed by atoms with E-state index < -0.39 is 0 Å². The highest BCUT2D eigenvalue weighted by atomic mass is 32.1. The van der Waals surface area contributed by atoms with Crippen LogP contribution in [-0.2, 0) is 0 Å². The third-order valence-corrected chi connectivity index (χ3v) is 13.0. The van der Waals surface area contributed by atoms with Crippen LogP contribution in [0.4, 0.5) is 0 Å². The van der Waals surface area contributed by atoms with Crippen molar-refractivity contribution in [3.05, 3.63) is 164 Å². The average Bonchev–Trinajstić information content (AvgIpc) is 3.97. The average molecular weight is 766 g/mol. The molecule has 0 amide bonds. The Labute approximate surface area is 333 Å². The summed E-state index contributed by atoms with van der Waals surface area (Å²) in [5, 5.41) is 5.46. The summed E-state index contributed by atoms with van der Waals surface area (Å²) in [6.07, 6.45) is 0. The van der Waals surface area contributed by atoms with E-state index in [1.54, 1.807) is 22.7 Å². The van der Waals surface area contributed by atoms with Gasteiger partial charge in [0.1, 0.15) is 11.2 Å². The Bertz CT molecular complexity index is 3540. The Hall–Kier alpha value is -7.13. The quantitative estimate of drug-likeness (QED) is 0.174. The maximum absolute atomic E-state index is 6.63. The summed E-state index contributed by atoms with van der Waals surface area (Å²) in [4.78, 5) is 25.9. The zero-order valence-electron chi connectivity index (χ0n) is 30.0. The highest BCUT2D eigenvalue weighted by molar-refractivity contribution is 7.26. The van der Waals surface area contributed by atoms with Crippen LogP contribution in [-0.4, -0.2) is 24.9 Å². The van der Waals surface area contributed by atoms with Gasteiger partial charge in [0.2, 0.25) is 0 Å². The van der Waals surface area contributed by atoms with E-state index >= 15 is 0 Å². The van der Waals surface area contributed by atoms with Gasteiger partial charge < -0.3 is 4.42 Å². The lowest BCUT2D eigenvalue weighted by molar-refractivity contribution is 0.669. The molecular formula is C49H27N5OS2. The fourth-order valence-corrected chi connectivity index (χ4v) is 10.3. The summed E-state index contributed by atoms with van der Waals surface area (Å²) in [5.41, 5.74) is 8.08. The zero-order valence-corrected chi connectivity index (χ0v) is 31.7. The first-order valence-corrected chi connectivity index (χ1v) is 20.3. The molecular weight excluding hydrogens is 739 g/mol. The molecule has 0 saturated heterocycles. The molecule has 0 unspecified atom stereocenters. The van der Waals surface area contributed by atoms with Crippen molar-refractivity contribution in [2.45, 2.75) is 0 Å². The van der Waals surface area contributed by atoms with Crippen molar-refractivity contribution in [3.8, 4) is 56.8 Å². The maximum Gasteiger partial charge on any atom is 0.165 e. The highest BCUT2D eigenvalue weighted by Gasteiger charge is 2.21. The highest BCUT2D eigenvalue weighted by Crippen LogP contribution is 2.43. The lowest BCUT2D eigenvalue weighted by Gasteiger charge is -2.10. The molecule has 0 bridgehead atoms. The van der Waals surface area contributed by atoms with Crippen LogP contribution in [0.15, 0.2) is 168 Å². The summed E-state index contributed by atoms with van der Waals surface area (Å²) in [7, 11) is 0. The minimum Gasteiger partial charge on any atom is -0.456 e. The second kappa shape index (κ2) is 12.7. The van der Waals surface area contributed by atoms with Crippen molar-refractivity contribution in [3.63, 3.8) is 0 Å². The van der Waals surface area contributed by atoms with E-state index in [1.807, 2.05) is 48.5 Å². The molecule has 12 rings (SSSR count). The Morgan fingerprint density at radius 1 is 0.368 bits per heavy atom. The summed E-state index contributed by atoms with van der Waals surface area (Å²) >= 11 is 3.50.